The van der Waals surface area contributed by atoms with Crippen molar-refractivity contribution in [2.45, 2.75) is 38.2 Å². The number of benzene rings is 1. The molecule has 0 aliphatic carbocycles. The Bertz CT molecular complexity index is 1170. The van der Waals surface area contributed by atoms with E-state index in [0.717, 1.165) is 12.1 Å². The Balaban J connectivity index is 1.49. The fraction of sp³-hybridized carbons (Fsp3) is 0.318. The molecule has 4 rings (SSSR count). The van der Waals surface area contributed by atoms with E-state index in [-0.39, 0.29) is 18.4 Å². The summed E-state index contributed by atoms with van der Waals surface area (Å²) in [5.74, 6) is 0.474. The molecule has 3 heterocycles. The van der Waals surface area contributed by atoms with Crippen molar-refractivity contribution in [2.24, 2.45) is 0 Å². The number of carbonyl (C=O) groups is 1. The second-order valence-electron chi connectivity index (χ2n) is 7.76. The third kappa shape index (κ3) is 4.91. The Kier molecular flexibility index (Phi) is 6.33. The van der Waals surface area contributed by atoms with Gasteiger partial charge in [0.2, 0.25) is 5.95 Å². The van der Waals surface area contributed by atoms with Crippen LogP contribution in [0.1, 0.15) is 31.1 Å². The number of aliphatic hydroxyl groups is 1. The first-order valence-corrected chi connectivity index (χ1v) is 10.4. The molecule has 0 radical (unpaired) electrons. The molecule has 2 N–H and O–H groups in total. The topological polar surface area (TPSA) is 113 Å². The van der Waals surface area contributed by atoms with Gasteiger partial charge in [0.15, 0.2) is 0 Å². The van der Waals surface area contributed by atoms with Gasteiger partial charge in [0.25, 0.3) is 0 Å². The van der Waals surface area contributed by atoms with E-state index in [4.69, 9.17) is 4.74 Å². The summed E-state index contributed by atoms with van der Waals surface area (Å²) in [4.78, 5) is 30.4. The highest BCUT2D eigenvalue weighted by atomic mass is 19.4. The second kappa shape index (κ2) is 9.21. The summed E-state index contributed by atoms with van der Waals surface area (Å²) >= 11 is 0. The van der Waals surface area contributed by atoms with Crippen LogP contribution in [0.2, 0.25) is 0 Å². The maximum atomic E-state index is 13.0. The number of aromatic nitrogens is 4. The number of nitrogens with zero attached hydrogens (tertiary/aromatic N) is 5. The second-order valence-corrected chi connectivity index (χ2v) is 7.76. The number of rotatable bonds is 6. The van der Waals surface area contributed by atoms with Crippen LogP contribution in [0, 0.1) is 0 Å². The molecule has 1 saturated heterocycles. The molecule has 34 heavy (non-hydrogen) atoms. The molecule has 0 spiro atoms. The van der Waals surface area contributed by atoms with Gasteiger partial charge in [0, 0.05) is 11.8 Å². The van der Waals surface area contributed by atoms with E-state index < -0.39 is 36.0 Å². The molecular formula is C22H21F3N6O3. The van der Waals surface area contributed by atoms with Crippen molar-refractivity contribution < 1.29 is 27.8 Å². The lowest BCUT2D eigenvalue weighted by atomic mass is 10.1. The Morgan fingerprint density at radius 3 is 2.65 bits per heavy atom. The number of ether oxygens (including phenoxy) is 1. The molecule has 1 fully saturated rings. The maximum Gasteiger partial charge on any atom is 0.416 e. The highest BCUT2D eigenvalue weighted by Crippen LogP contribution is 2.32. The van der Waals surface area contributed by atoms with Crippen LogP contribution >= 0.6 is 0 Å². The fourth-order valence-corrected chi connectivity index (χ4v) is 3.44. The van der Waals surface area contributed by atoms with E-state index in [2.05, 4.69) is 25.3 Å². The van der Waals surface area contributed by atoms with Crippen LogP contribution in [0.15, 0.2) is 48.9 Å². The average Bonchev–Trinajstić information content (AvgIpc) is 3.20. The minimum absolute atomic E-state index is 0.0491. The Labute approximate surface area is 192 Å². The van der Waals surface area contributed by atoms with Gasteiger partial charge in [0.05, 0.1) is 41.5 Å². The van der Waals surface area contributed by atoms with Crippen molar-refractivity contribution in [1.82, 2.24) is 19.9 Å². The van der Waals surface area contributed by atoms with E-state index in [9.17, 15) is 23.1 Å². The third-order valence-corrected chi connectivity index (χ3v) is 5.30. The summed E-state index contributed by atoms with van der Waals surface area (Å²) in [6.07, 6.45) is -1.56. The molecule has 3 atom stereocenters. The zero-order valence-electron chi connectivity index (χ0n) is 18.2. The number of carbonyl (C=O) groups excluding carboxylic acids is 1. The lowest BCUT2D eigenvalue weighted by Crippen LogP contribution is -2.41. The van der Waals surface area contributed by atoms with E-state index in [1.54, 1.807) is 13.8 Å². The van der Waals surface area contributed by atoms with Crippen molar-refractivity contribution in [3.63, 3.8) is 0 Å². The van der Waals surface area contributed by atoms with E-state index in [1.165, 1.54) is 41.7 Å². The molecule has 1 aromatic carbocycles. The predicted molar refractivity (Wildman–Crippen MR) is 116 cm³/mol. The maximum absolute atomic E-state index is 13.0. The summed E-state index contributed by atoms with van der Waals surface area (Å²) in [6.45, 7) is 3.39. The summed E-state index contributed by atoms with van der Waals surface area (Å²) in [7, 11) is 0. The predicted octanol–water partition coefficient (Wildman–Crippen LogP) is 3.83. The number of cyclic esters (lactones) is 1. The van der Waals surface area contributed by atoms with Gasteiger partial charge < -0.3 is 15.2 Å². The van der Waals surface area contributed by atoms with Crippen LogP contribution in [0.25, 0.3) is 11.3 Å². The van der Waals surface area contributed by atoms with Crippen LogP contribution in [0.5, 0.6) is 0 Å². The van der Waals surface area contributed by atoms with E-state index in [0.29, 0.717) is 17.0 Å². The minimum atomic E-state index is -4.45. The SMILES string of the molecule is C[C@H](Nc1nccc(N2C(=O)OCC2[C@@H](C)O)n1)c1cnc(-c2cccc(C(F)(F)F)c2)cn1. The van der Waals surface area contributed by atoms with Gasteiger partial charge in [-0.3, -0.25) is 14.9 Å². The highest BCUT2D eigenvalue weighted by molar-refractivity contribution is 5.89. The number of halogens is 3. The molecule has 0 saturated carbocycles. The van der Waals surface area contributed by atoms with Crippen molar-refractivity contribution >= 4 is 17.9 Å². The third-order valence-electron chi connectivity index (χ3n) is 5.30. The Morgan fingerprint density at radius 2 is 1.97 bits per heavy atom. The van der Waals surface area contributed by atoms with E-state index >= 15 is 0 Å². The van der Waals surface area contributed by atoms with Crippen LogP contribution in [0.3, 0.4) is 0 Å². The number of alkyl halides is 3. The monoisotopic (exact) mass is 474 g/mol. The summed E-state index contributed by atoms with van der Waals surface area (Å²) < 4.78 is 43.9. The summed E-state index contributed by atoms with van der Waals surface area (Å²) in [6, 6.07) is 5.43. The molecule has 1 aliphatic heterocycles. The summed E-state index contributed by atoms with van der Waals surface area (Å²) in [5, 5.41) is 13.0. The van der Waals surface area contributed by atoms with Crippen molar-refractivity contribution in [2.75, 3.05) is 16.8 Å². The quantitative estimate of drug-likeness (QED) is 0.554. The molecule has 0 bridgehead atoms. The number of aliphatic hydroxyl groups excluding tert-OH is 1. The van der Waals surface area contributed by atoms with Crippen molar-refractivity contribution in [3.05, 3.63) is 60.2 Å². The van der Waals surface area contributed by atoms with Crippen LogP contribution in [-0.2, 0) is 10.9 Å². The van der Waals surface area contributed by atoms with Gasteiger partial charge in [-0.2, -0.15) is 18.2 Å². The molecule has 1 amide bonds. The van der Waals surface area contributed by atoms with Gasteiger partial charge >= 0.3 is 12.3 Å². The summed E-state index contributed by atoms with van der Waals surface area (Å²) in [5.41, 5.74) is 0.350. The molecule has 12 heteroatoms. The van der Waals surface area contributed by atoms with Gasteiger partial charge in [-0.1, -0.05) is 12.1 Å². The zero-order chi connectivity index (χ0) is 24.5. The Hall–Kier alpha value is -3.80. The smallest absolute Gasteiger partial charge is 0.416 e. The first kappa shape index (κ1) is 23.4. The molecule has 1 unspecified atom stereocenters. The molecule has 2 aromatic heterocycles. The standard InChI is InChI=1S/C22H21F3N6O3/c1-12(16-9-28-17(10-27-16)14-4-3-5-15(8-14)22(23,24)25)29-20-26-7-6-19(30-20)31-18(13(2)32)11-34-21(31)33/h3-10,12-13,18,32H,11H2,1-2H3,(H,26,29,30)/t12-,13+,18?/m0/s1. The van der Waals surface area contributed by atoms with Crippen LogP contribution in [-0.4, -0.2) is 49.9 Å². The molecular weight excluding hydrogens is 453 g/mol. The number of hydrogen-bond donors (Lipinski definition) is 2. The molecule has 3 aromatic rings. The van der Waals surface area contributed by atoms with Crippen LogP contribution < -0.4 is 10.2 Å². The number of anilines is 2. The van der Waals surface area contributed by atoms with Gasteiger partial charge in [0.1, 0.15) is 18.5 Å². The lowest BCUT2D eigenvalue weighted by molar-refractivity contribution is -0.137. The van der Waals surface area contributed by atoms with Gasteiger partial charge in [-0.05, 0) is 32.0 Å². The van der Waals surface area contributed by atoms with E-state index in [1.807, 2.05) is 0 Å². The largest absolute Gasteiger partial charge is 0.447 e. The Morgan fingerprint density at radius 1 is 1.18 bits per heavy atom. The molecule has 178 valence electrons. The first-order valence-electron chi connectivity index (χ1n) is 10.4. The van der Waals surface area contributed by atoms with Crippen molar-refractivity contribution in [3.8, 4) is 11.3 Å². The van der Waals surface area contributed by atoms with Gasteiger partial charge in [-0.15, -0.1) is 0 Å². The first-order chi connectivity index (χ1) is 16.1. The van der Waals surface area contributed by atoms with Gasteiger partial charge in [-0.25, -0.2) is 9.78 Å². The van der Waals surface area contributed by atoms with Crippen molar-refractivity contribution in [1.29, 1.82) is 0 Å². The normalized spacial score (nSPS) is 17.9. The molecule has 9 nitrogen and oxygen atoms in total. The fourth-order valence-electron chi connectivity index (χ4n) is 3.44. The van der Waals surface area contributed by atoms with Crippen LogP contribution in [0.4, 0.5) is 29.7 Å². The zero-order valence-corrected chi connectivity index (χ0v) is 18.2. The minimum Gasteiger partial charge on any atom is -0.447 e. The average molecular weight is 474 g/mol. The number of nitrogens with one attached hydrogen (secondary N) is 1. The number of hydrogen-bond acceptors (Lipinski definition) is 8. The number of amides is 1. The lowest BCUT2D eigenvalue weighted by Gasteiger charge is -2.23. The molecule has 1 aliphatic rings. The highest BCUT2D eigenvalue weighted by Gasteiger charge is 2.38.